The van der Waals surface area contributed by atoms with Gasteiger partial charge >= 0.3 is 0 Å². The van der Waals surface area contributed by atoms with Gasteiger partial charge < -0.3 is 14.8 Å². The minimum absolute atomic E-state index is 0.0673. The second-order valence-electron chi connectivity index (χ2n) is 2.26. The third-order valence-electron chi connectivity index (χ3n) is 1.46. The van der Waals surface area contributed by atoms with Gasteiger partial charge in [0.1, 0.15) is 5.69 Å². The Kier molecular flexibility index (Phi) is 2.88. The van der Waals surface area contributed by atoms with Gasteiger partial charge in [0, 0.05) is 20.1 Å². The van der Waals surface area contributed by atoms with Crippen LogP contribution >= 0.6 is 0 Å². The Bertz CT molecular complexity index is 268. The predicted octanol–water partition coefficient (Wildman–Crippen LogP) is 0.894. The van der Waals surface area contributed by atoms with Crippen molar-refractivity contribution in [3.63, 3.8) is 0 Å². The minimum Gasteiger partial charge on any atom is -0.421 e. The van der Waals surface area contributed by atoms with E-state index in [0.29, 0.717) is 18.2 Å². The standard InChI is InChI=1S/C8H12N2O2/c1-3-7-10-6(4-5-11)8(9-2)12-7/h3,9,11H,1,4-5H2,2H3. The quantitative estimate of drug-likeness (QED) is 0.701. The molecule has 0 bridgehead atoms. The Morgan fingerprint density at radius 3 is 3.00 bits per heavy atom. The summed E-state index contributed by atoms with van der Waals surface area (Å²) in [5.74, 6) is 1.07. The highest BCUT2D eigenvalue weighted by Gasteiger charge is 2.08. The van der Waals surface area contributed by atoms with Crippen molar-refractivity contribution in [2.24, 2.45) is 0 Å². The van der Waals surface area contributed by atoms with Crippen molar-refractivity contribution in [1.29, 1.82) is 0 Å². The molecule has 0 saturated heterocycles. The summed E-state index contributed by atoms with van der Waals surface area (Å²) < 4.78 is 5.21. The van der Waals surface area contributed by atoms with Crippen molar-refractivity contribution in [2.45, 2.75) is 6.42 Å². The van der Waals surface area contributed by atoms with E-state index in [9.17, 15) is 0 Å². The molecule has 1 aromatic rings. The van der Waals surface area contributed by atoms with Crippen LogP contribution in [0.25, 0.3) is 6.08 Å². The van der Waals surface area contributed by atoms with E-state index >= 15 is 0 Å². The lowest BCUT2D eigenvalue weighted by atomic mass is 10.3. The van der Waals surface area contributed by atoms with Crippen LogP contribution < -0.4 is 5.32 Å². The molecule has 4 heteroatoms. The normalized spacial score (nSPS) is 9.83. The maximum Gasteiger partial charge on any atom is 0.221 e. The van der Waals surface area contributed by atoms with E-state index in [1.807, 2.05) is 0 Å². The van der Waals surface area contributed by atoms with E-state index in [0.717, 1.165) is 5.69 Å². The topological polar surface area (TPSA) is 58.3 Å². The van der Waals surface area contributed by atoms with Crippen LogP contribution in [0.4, 0.5) is 5.88 Å². The number of anilines is 1. The number of nitrogens with one attached hydrogen (secondary N) is 1. The molecule has 0 radical (unpaired) electrons. The minimum atomic E-state index is 0.0673. The molecule has 1 rings (SSSR count). The van der Waals surface area contributed by atoms with Gasteiger partial charge in [0.05, 0.1) is 0 Å². The number of rotatable bonds is 4. The maximum absolute atomic E-state index is 8.69. The number of hydrogen-bond acceptors (Lipinski definition) is 4. The molecule has 0 unspecified atom stereocenters. The van der Waals surface area contributed by atoms with E-state index in [-0.39, 0.29) is 6.61 Å². The Labute approximate surface area is 70.9 Å². The first kappa shape index (κ1) is 8.80. The first-order valence-corrected chi connectivity index (χ1v) is 3.72. The number of hydrogen-bond donors (Lipinski definition) is 2. The molecule has 66 valence electrons. The SMILES string of the molecule is C=Cc1nc(CCO)c(NC)o1. The average molecular weight is 168 g/mol. The summed E-state index contributed by atoms with van der Waals surface area (Å²) in [6, 6.07) is 0. The van der Waals surface area contributed by atoms with Crippen molar-refractivity contribution in [3.05, 3.63) is 18.2 Å². The molecule has 0 fully saturated rings. The predicted molar refractivity (Wildman–Crippen MR) is 46.9 cm³/mol. The largest absolute Gasteiger partial charge is 0.421 e. The maximum atomic E-state index is 8.69. The molecule has 2 N–H and O–H groups in total. The highest BCUT2D eigenvalue weighted by atomic mass is 16.4. The van der Waals surface area contributed by atoms with E-state index in [4.69, 9.17) is 9.52 Å². The Morgan fingerprint density at radius 2 is 2.50 bits per heavy atom. The zero-order valence-corrected chi connectivity index (χ0v) is 7.00. The van der Waals surface area contributed by atoms with Crippen molar-refractivity contribution >= 4 is 12.0 Å². The van der Waals surface area contributed by atoms with Gasteiger partial charge in [-0.15, -0.1) is 0 Å². The molecule has 0 atom stereocenters. The molecule has 12 heavy (non-hydrogen) atoms. The van der Waals surface area contributed by atoms with Crippen LogP contribution in [0.2, 0.25) is 0 Å². The smallest absolute Gasteiger partial charge is 0.221 e. The Morgan fingerprint density at radius 1 is 1.75 bits per heavy atom. The van der Waals surface area contributed by atoms with Gasteiger partial charge in [0.2, 0.25) is 11.8 Å². The van der Waals surface area contributed by atoms with Crippen molar-refractivity contribution < 1.29 is 9.52 Å². The molecule has 1 aromatic heterocycles. The molecule has 0 aliphatic heterocycles. The lowest BCUT2D eigenvalue weighted by molar-refractivity contribution is 0.298. The first-order valence-electron chi connectivity index (χ1n) is 3.72. The number of aliphatic hydroxyl groups excluding tert-OH is 1. The van der Waals surface area contributed by atoms with Crippen LogP contribution in [0.3, 0.4) is 0 Å². The lowest BCUT2D eigenvalue weighted by Crippen LogP contribution is -1.96. The van der Waals surface area contributed by atoms with Crippen molar-refractivity contribution in [3.8, 4) is 0 Å². The summed E-state index contributed by atoms with van der Waals surface area (Å²) in [7, 11) is 1.74. The van der Waals surface area contributed by atoms with Gasteiger partial charge in [-0.25, -0.2) is 4.98 Å². The second kappa shape index (κ2) is 3.92. The summed E-state index contributed by atoms with van der Waals surface area (Å²) in [5, 5.41) is 11.5. The summed E-state index contributed by atoms with van der Waals surface area (Å²) in [6.45, 7) is 3.60. The number of oxazole rings is 1. The van der Waals surface area contributed by atoms with E-state index in [1.54, 1.807) is 7.05 Å². The van der Waals surface area contributed by atoms with Crippen molar-refractivity contribution in [1.82, 2.24) is 4.98 Å². The molecule has 1 heterocycles. The van der Waals surface area contributed by atoms with Gasteiger partial charge in [0.15, 0.2) is 0 Å². The van der Waals surface area contributed by atoms with E-state index < -0.39 is 0 Å². The fourth-order valence-electron chi connectivity index (χ4n) is 0.928. The third-order valence-corrected chi connectivity index (χ3v) is 1.46. The summed E-state index contributed by atoms with van der Waals surface area (Å²) in [4.78, 5) is 4.08. The van der Waals surface area contributed by atoms with E-state index in [2.05, 4.69) is 16.9 Å². The lowest BCUT2D eigenvalue weighted by Gasteiger charge is -1.94. The molecular weight excluding hydrogens is 156 g/mol. The summed E-state index contributed by atoms with van der Waals surface area (Å²) in [6.07, 6.45) is 2.02. The van der Waals surface area contributed by atoms with Gasteiger partial charge in [0.25, 0.3) is 0 Å². The number of aliphatic hydroxyl groups is 1. The van der Waals surface area contributed by atoms with E-state index in [1.165, 1.54) is 6.08 Å². The zero-order valence-electron chi connectivity index (χ0n) is 7.00. The molecular formula is C8H12N2O2. The summed E-state index contributed by atoms with van der Waals surface area (Å²) >= 11 is 0. The highest BCUT2D eigenvalue weighted by molar-refractivity contribution is 5.43. The fourth-order valence-corrected chi connectivity index (χ4v) is 0.928. The van der Waals surface area contributed by atoms with Crippen LogP contribution in [0.5, 0.6) is 0 Å². The van der Waals surface area contributed by atoms with Gasteiger partial charge in [-0.1, -0.05) is 6.58 Å². The monoisotopic (exact) mass is 168 g/mol. The van der Waals surface area contributed by atoms with Crippen LogP contribution in [0, 0.1) is 0 Å². The number of nitrogens with zero attached hydrogens (tertiary/aromatic N) is 1. The van der Waals surface area contributed by atoms with Crippen molar-refractivity contribution in [2.75, 3.05) is 19.0 Å². The molecule has 0 saturated carbocycles. The molecule has 0 spiro atoms. The van der Waals surface area contributed by atoms with Gasteiger partial charge in [-0.3, -0.25) is 0 Å². The third kappa shape index (κ3) is 1.65. The molecule has 0 amide bonds. The summed E-state index contributed by atoms with van der Waals surface area (Å²) in [5.41, 5.74) is 0.731. The zero-order chi connectivity index (χ0) is 8.97. The van der Waals surface area contributed by atoms with Crippen LogP contribution in [0.15, 0.2) is 11.0 Å². The van der Waals surface area contributed by atoms with Gasteiger partial charge in [-0.05, 0) is 6.08 Å². The molecule has 0 aromatic carbocycles. The van der Waals surface area contributed by atoms with Crippen LogP contribution in [0.1, 0.15) is 11.6 Å². The number of aromatic nitrogens is 1. The first-order chi connectivity index (χ1) is 5.81. The van der Waals surface area contributed by atoms with Crippen LogP contribution in [-0.2, 0) is 6.42 Å². The second-order valence-corrected chi connectivity index (χ2v) is 2.26. The molecule has 0 aliphatic rings. The molecule has 4 nitrogen and oxygen atoms in total. The molecule has 0 aliphatic carbocycles. The Balaban J connectivity index is 2.91. The van der Waals surface area contributed by atoms with Gasteiger partial charge in [-0.2, -0.15) is 0 Å². The van der Waals surface area contributed by atoms with Crippen LogP contribution in [-0.4, -0.2) is 23.7 Å². The Hall–Kier alpha value is -1.29. The highest BCUT2D eigenvalue weighted by Crippen LogP contribution is 2.17. The average Bonchev–Trinajstić information content (AvgIpc) is 2.48. The fraction of sp³-hybridized carbons (Fsp3) is 0.375.